The molecular formula is C20H20ClN5O2. The maximum atomic E-state index is 12.6. The number of rotatable bonds is 6. The molecule has 8 heteroatoms. The van der Waals surface area contributed by atoms with Crippen molar-refractivity contribution in [3.8, 4) is 11.1 Å². The Morgan fingerprint density at radius 3 is 2.93 bits per heavy atom. The monoisotopic (exact) mass is 397 g/mol. The third kappa shape index (κ3) is 3.71. The number of fused-ring (bicyclic) bond motifs is 1. The zero-order chi connectivity index (χ0) is 19.5. The number of nitrogens with zero attached hydrogens (tertiary/aromatic N) is 4. The molecule has 144 valence electrons. The highest BCUT2D eigenvalue weighted by Gasteiger charge is 2.19. The third-order valence-electron chi connectivity index (χ3n) is 4.87. The summed E-state index contributed by atoms with van der Waals surface area (Å²) in [5.41, 5.74) is 2.78. The van der Waals surface area contributed by atoms with Crippen LogP contribution < -0.4 is 5.32 Å². The second-order valence-electron chi connectivity index (χ2n) is 6.72. The van der Waals surface area contributed by atoms with Crippen LogP contribution in [-0.4, -0.2) is 50.7 Å². The van der Waals surface area contributed by atoms with Gasteiger partial charge in [-0.15, -0.1) is 0 Å². The molecule has 1 aliphatic heterocycles. The Morgan fingerprint density at radius 1 is 1.25 bits per heavy atom. The summed E-state index contributed by atoms with van der Waals surface area (Å²) >= 11 is 6.19. The van der Waals surface area contributed by atoms with Crippen molar-refractivity contribution in [1.82, 2.24) is 24.6 Å². The molecule has 4 heterocycles. The van der Waals surface area contributed by atoms with Crippen molar-refractivity contribution >= 4 is 29.1 Å². The Bertz CT molecular complexity index is 1030. The summed E-state index contributed by atoms with van der Waals surface area (Å²) in [6.07, 6.45) is 7.32. The fourth-order valence-electron chi connectivity index (χ4n) is 3.41. The first-order valence-electron chi connectivity index (χ1n) is 9.27. The fourth-order valence-corrected chi connectivity index (χ4v) is 3.64. The predicted octanol–water partition coefficient (Wildman–Crippen LogP) is 2.79. The summed E-state index contributed by atoms with van der Waals surface area (Å²) in [7, 11) is 0. The number of imidazole rings is 1. The van der Waals surface area contributed by atoms with Crippen LogP contribution in [0.25, 0.3) is 16.8 Å². The molecule has 0 aliphatic carbocycles. The van der Waals surface area contributed by atoms with E-state index in [0.717, 1.165) is 30.5 Å². The Labute approximate surface area is 167 Å². The molecule has 0 atom stereocenters. The first kappa shape index (κ1) is 18.4. The molecule has 28 heavy (non-hydrogen) atoms. The van der Waals surface area contributed by atoms with Crippen molar-refractivity contribution in [3.63, 3.8) is 0 Å². The highest BCUT2D eigenvalue weighted by atomic mass is 35.5. The van der Waals surface area contributed by atoms with Crippen LogP contribution in [0.1, 0.15) is 29.8 Å². The topological polar surface area (TPSA) is 79.6 Å². The van der Waals surface area contributed by atoms with Gasteiger partial charge >= 0.3 is 0 Å². The van der Waals surface area contributed by atoms with Gasteiger partial charge in [-0.3, -0.25) is 14.0 Å². The Kier molecular flexibility index (Phi) is 5.25. The number of hydrogen-bond donors (Lipinski definition) is 1. The average molecular weight is 398 g/mol. The summed E-state index contributed by atoms with van der Waals surface area (Å²) in [6.45, 7) is 2.00. The number of pyridine rings is 2. The lowest BCUT2D eigenvalue weighted by atomic mass is 10.1. The number of nitrogens with one attached hydrogen (secondary N) is 1. The second-order valence-corrected chi connectivity index (χ2v) is 7.08. The predicted molar refractivity (Wildman–Crippen MR) is 106 cm³/mol. The Hall–Kier alpha value is -2.93. The number of halogens is 1. The Morgan fingerprint density at radius 2 is 2.14 bits per heavy atom. The van der Waals surface area contributed by atoms with Gasteiger partial charge in [0.2, 0.25) is 5.91 Å². The van der Waals surface area contributed by atoms with Gasteiger partial charge in [0.15, 0.2) is 0 Å². The average Bonchev–Trinajstić information content (AvgIpc) is 3.31. The van der Waals surface area contributed by atoms with Gasteiger partial charge in [0.25, 0.3) is 5.91 Å². The number of amides is 2. The van der Waals surface area contributed by atoms with Crippen LogP contribution >= 0.6 is 11.6 Å². The molecule has 2 amide bonds. The zero-order valence-electron chi connectivity index (χ0n) is 15.3. The molecule has 3 aromatic rings. The van der Waals surface area contributed by atoms with Gasteiger partial charge < -0.3 is 10.2 Å². The minimum absolute atomic E-state index is 0.199. The number of likely N-dealkylation sites (tertiary alicyclic amines) is 1. The van der Waals surface area contributed by atoms with Crippen LogP contribution in [0, 0.1) is 0 Å². The van der Waals surface area contributed by atoms with Crippen molar-refractivity contribution < 1.29 is 9.59 Å². The minimum atomic E-state index is -0.199. The van der Waals surface area contributed by atoms with E-state index in [0.29, 0.717) is 36.0 Å². The first-order chi connectivity index (χ1) is 13.6. The van der Waals surface area contributed by atoms with E-state index < -0.39 is 0 Å². The van der Waals surface area contributed by atoms with Gasteiger partial charge in [-0.2, -0.15) is 0 Å². The molecule has 0 radical (unpaired) electrons. The van der Waals surface area contributed by atoms with E-state index in [4.69, 9.17) is 11.6 Å². The fraction of sp³-hybridized carbons (Fsp3) is 0.300. The lowest BCUT2D eigenvalue weighted by molar-refractivity contribution is -0.127. The first-order valence-corrected chi connectivity index (χ1v) is 9.65. The van der Waals surface area contributed by atoms with Gasteiger partial charge in [-0.05, 0) is 37.1 Å². The molecule has 3 aromatic heterocycles. The molecule has 4 rings (SSSR count). The Balaban J connectivity index is 1.46. The van der Waals surface area contributed by atoms with E-state index in [1.54, 1.807) is 16.8 Å². The zero-order valence-corrected chi connectivity index (χ0v) is 16.0. The maximum absolute atomic E-state index is 12.6. The number of hydrogen-bond acceptors (Lipinski definition) is 4. The lowest BCUT2D eigenvalue weighted by Crippen LogP contribution is -2.31. The molecule has 1 saturated heterocycles. The molecule has 0 unspecified atom stereocenters. The number of carbonyl (C=O) groups is 2. The molecule has 0 bridgehead atoms. The van der Waals surface area contributed by atoms with E-state index >= 15 is 0 Å². The van der Waals surface area contributed by atoms with Crippen molar-refractivity contribution in [3.05, 3.63) is 53.7 Å². The standard InChI is InChI=1S/C20H20ClN5O2/c21-19-15(4-1-8-22-19)14-6-7-17-24-12-16(26(17)13-14)20(28)23-9-3-11-25-10-2-5-18(25)27/h1,4,6-8,12-13H,2-3,5,9-11H2,(H,23,28). The summed E-state index contributed by atoms with van der Waals surface area (Å²) in [6, 6.07) is 7.44. The van der Waals surface area contributed by atoms with Crippen LogP contribution in [-0.2, 0) is 4.79 Å². The van der Waals surface area contributed by atoms with Gasteiger partial charge in [0.05, 0.1) is 6.20 Å². The summed E-state index contributed by atoms with van der Waals surface area (Å²) < 4.78 is 1.75. The van der Waals surface area contributed by atoms with E-state index in [1.807, 2.05) is 35.4 Å². The smallest absolute Gasteiger partial charge is 0.269 e. The van der Waals surface area contributed by atoms with E-state index in [9.17, 15) is 9.59 Å². The molecular weight excluding hydrogens is 378 g/mol. The van der Waals surface area contributed by atoms with Gasteiger partial charge in [-0.1, -0.05) is 11.6 Å². The molecule has 0 aromatic carbocycles. The van der Waals surface area contributed by atoms with E-state index in [2.05, 4.69) is 15.3 Å². The van der Waals surface area contributed by atoms with Gasteiger partial charge in [0, 0.05) is 49.6 Å². The summed E-state index contributed by atoms with van der Waals surface area (Å²) in [4.78, 5) is 34.5. The molecule has 0 spiro atoms. The molecule has 0 saturated carbocycles. The normalized spacial score (nSPS) is 14.0. The molecule has 1 aliphatic rings. The van der Waals surface area contributed by atoms with Crippen molar-refractivity contribution in [1.29, 1.82) is 0 Å². The van der Waals surface area contributed by atoms with Crippen LogP contribution in [0.2, 0.25) is 5.15 Å². The quantitative estimate of drug-likeness (QED) is 0.512. The molecule has 1 N–H and O–H groups in total. The number of carbonyl (C=O) groups excluding carboxylic acids is 2. The third-order valence-corrected chi connectivity index (χ3v) is 5.17. The van der Waals surface area contributed by atoms with E-state index in [-0.39, 0.29) is 11.8 Å². The summed E-state index contributed by atoms with van der Waals surface area (Å²) in [5, 5.41) is 3.32. The van der Waals surface area contributed by atoms with Gasteiger partial charge in [0.1, 0.15) is 16.5 Å². The SMILES string of the molecule is O=C(NCCCN1CCCC1=O)c1cnc2ccc(-c3cccnc3Cl)cn12. The largest absolute Gasteiger partial charge is 0.351 e. The van der Waals surface area contributed by atoms with E-state index in [1.165, 1.54) is 0 Å². The lowest BCUT2D eigenvalue weighted by Gasteiger charge is -2.15. The van der Waals surface area contributed by atoms with Crippen molar-refractivity contribution in [2.24, 2.45) is 0 Å². The minimum Gasteiger partial charge on any atom is -0.351 e. The molecule has 7 nitrogen and oxygen atoms in total. The van der Waals surface area contributed by atoms with Crippen LogP contribution in [0.15, 0.2) is 42.9 Å². The van der Waals surface area contributed by atoms with Crippen LogP contribution in [0.4, 0.5) is 0 Å². The van der Waals surface area contributed by atoms with Crippen LogP contribution in [0.5, 0.6) is 0 Å². The summed E-state index contributed by atoms with van der Waals surface area (Å²) in [5.74, 6) is 0.00406. The maximum Gasteiger partial charge on any atom is 0.269 e. The number of aromatic nitrogens is 3. The van der Waals surface area contributed by atoms with Crippen molar-refractivity contribution in [2.45, 2.75) is 19.3 Å². The van der Waals surface area contributed by atoms with Crippen LogP contribution in [0.3, 0.4) is 0 Å². The highest BCUT2D eigenvalue weighted by molar-refractivity contribution is 6.32. The van der Waals surface area contributed by atoms with Crippen molar-refractivity contribution in [2.75, 3.05) is 19.6 Å². The highest BCUT2D eigenvalue weighted by Crippen LogP contribution is 2.26. The van der Waals surface area contributed by atoms with Gasteiger partial charge in [-0.25, -0.2) is 9.97 Å². The second kappa shape index (κ2) is 7.98. The molecule has 1 fully saturated rings.